The Morgan fingerprint density at radius 1 is 0.861 bits per heavy atom. The molecule has 0 atom stereocenters. The van der Waals surface area contributed by atoms with E-state index in [0.29, 0.717) is 32.4 Å². The molecule has 0 aliphatic carbocycles. The largest absolute Gasteiger partial charge is 0.394 e. The number of piperidine rings is 2. The molecule has 2 saturated heterocycles. The molecule has 36 heavy (non-hydrogen) atoms. The summed E-state index contributed by atoms with van der Waals surface area (Å²) in [5.74, 6) is 0.479. The summed E-state index contributed by atoms with van der Waals surface area (Å²) in [6.07, 6.45) is 7.68. The SMILES string of the molecule is CC.CCC.CCCCCC(=O)N1CCC(O)(CO)CC1.CNC1(CO)CCN(C(=O)C(C)C)CC1. The number of aliphatic hydroxyl groups excluding tert-OH is 2. The van der Waals surface area contributed by atoms with Gasteiger partial charge in [0.1, 0.15) is 0 Å². The first-order chi connectivity index (χ1) is 17.1. The Bertz CT molecular complexity index is 549. The molecule has 2 aliphatic heterocycles. The van der Waals surface area contributed by atoms with E-state index in [9.17, 15) is 19.8 Å². The van der Waals surface area contributed by atoms with Gasteiger partial charge in [-0.2, -0.15) is 0 Å². The van der Waals surface area contributed by atoms with Gasteiger partial charge < -0.3 is 30.4 Å². The van der Waals surface area contributed by atoms with Crippen LogP contribution < -0.4 is 5.32 Å². The van der Waals surface area contributed by atoms with E-state index in [2.05, 4.69) is 26.1 Å². The molecule has 0 unspecified atom stereocenters. The molecule has 0 bridgehead atoms. The quantitative estimate of drug-likeness (QED) is 0.366. The van der Waals surface area contributed by atoms with E-state index in [1.165, 1.54) is 6.42 Å². The molecule has 0 radical (unpaired) electrons. The maximum absolute atomic E-state index is 11.8. The van der Waals surface area contributed by atoms with Gasteiger partial charge in [-0.1, -0.05) is 67.7 Å². The predicted molar refractivity (Wildman–Crippen MR) is 149 cm³/mol. The summed E-state index contributed by atoms with van der Waals surface area (Å²) in [6, 6.07) is 0. The van der Waals surface area contributed by atoms with Crippen molar-refractivity contribution in [2.45, 2.75) is 117 Å². The minimum absolute atomic E-state index is 0.0706. The van der Waals surface area contributed by atoms with Crippen molar-refractivity contribution in [2.75, 3.05) is 46.4 Å². The van der Waals surface area contributed by atoms with Crippen molar-refractivity contribution in [2.24, 2.45) is 5.92 Å². The molecule has 2 aliphatic rings. The molecule has 2 heterocycles. The van der Waals surface area contributed by atoms with E-state index in [1.807, 2.05) is 39.6 Å². The second-order valence-corrected chi connectivity index (χ2v) is 10.1. The number of carbonyl (C=O) groups is 2. The first kappa shape index (κ1) is 36.9. The fraction of sp³-hybridized carbons (Fsp3) is 0.929. The van der Waals surface area contributed by atoms with Crippen LogP contribution in [-0.2, 0) is 9.59 Å². The van der Waals surface area contributed by atoms with Crippen LogP contribution in [0.5, 0.6) is 0 Å². The van der Waals surface area contributed by atoms with E-state index in [4.69, 9.17) is 5.11 Å². The molecule has 216 valence electrons. The highest BCUT2D eigenvalue weighted by molar-refractivity contribution is 5.78. The molecular formula is C28H59N3O5. The van der Waals surface area contributed by atoms with Crippen molar-refractivity contribution in [3.63, 3.8) is 0 Å². The first-order valence-corrected chi connectivity index (χ1v) is 14.3. The minimum Gasteiger partial charge on any atom is -0.394 e. The number of nitrogens with one attached hydrogen (secondary N) is 1. The van der Waals surface area contributed by atoms with Gasteiger partial charge in [-0.15, -0.1) is 0 Å². The fourth-order valence-electron chi connectivity index (χ4n) is 4.02. The third-order valence-corrected chi connectivity index (χ3v) is 6.69. The number of carbonyl (C=O) groups excluding carboxylic acids is 2. The lowest BCUT2D eigenvalue weighted by Gasteiger charge is -2.41. The second kappa shape index (κ2) is 20.8. The number of likely N-dealkylation sites (tertiary alicyclic amines) is 2. The zero-order valence-electron chi connectivity index (χ0n) is 24.7. The molecule has 0 aromatic carbocycles. The van der Waals surface area contributed by atoms with E-state index < -0.39 is 5.60 Å². The zero-order chi connectivity index (χ0) is 28.2. The molecule has 2 fully saturated rings. The van der Waals surface area contributed by atoms with Crippen LogP contribution in [0.25, 0.3) is 0 Å². The lowest BCUT2D eigenvalue weighted by atomic mass is 9.88. The highest BCUT2D eigenvalue weighted by atomic mass is 16.3. The maximum atomic E-state index is 11.8. The maximum Gasteiger partial charge on any atom is 0.225 e. The molecule has 0 saturated carbocycles. The molecular weight excluding hydrogens is 458 g/mol. The number of likely N-dealkylation sites (N-methyl/N-ethyl adjacent to an activating group) is 1. The van der Waals surface area contributed by atoms with Gasteiger partial charge in [0.2, 0.25) is 11.8 Å². The van der Waals surface area contributed by atoms with Gasteiger partial charge in [-0.25, -0.2) is 0 Å². The van der Waals surface area contributed by atoms with Crippen LogP contribution in [0.1, 0.15) is 106 Å². The monoisotopic (exact) mass is 517 g/mol. The van der Waals surface area contributed by atoms with Crippen LogP contribution in [0, 0.1) is 5.92 Å². The summed E-state index contributed by atoms with van der Waals surface area (Å²) in [5, 5.41) is 31.3. The zero-order valence-corrected chi connectivity index (χ0v) is 24.7. The Morgan fingerprint density at radius 2 is 1.33 bits per heavy atom. The molecule has 0 spiro atoms. The van der Waals surface area contributed by atoms with Gasteiger partial charge in [-0.05, 0) is 39.2 Å². The van der Waals surface area contributed by atoms with Crippen molar-refractivity contribution in [3.8, 4) is 0 Å². The third kappa shape index (κ3) is 13.9. The lowest BCUT2D eigenvalue weighted by molar-refractivity contribution is -0.137. The lowest BCUT2D eigenvalue weighted by Crippen LogP contribution is -2.55. The molecule has 0 aromatic rings. The average Bonchev–Trinajstić information content (AvgIpc) is 2.90. The van der Waals surface area contributed by atoms with Gasteiger partial charge in [0.15, 0.2) is 0 Å². The average molecular weight is 518 g/mol. The fourth-order valence-corrected chi connectivity index (χ4v) is 4.02. The van der Waals surface area contributed by atoms with Crippen molar-refractivity contribution in [1.29, 1.82) is 0 Å². The predicted octanol–water partition coefficient (Wildman–Crippen LogP) is 3.57. The van der Waals surface area contributed by atoms with Crippen LogP contribution in [0.3, 0.4) is 0 Å². The molecule has 2 rings (SSSR count). The second-order valence-electron chi connectivity index (χ2n) is 10.1. The smallest absolute Gasteiger partial charge is 0.225 e. The van der Waals surface area contributed by atoms with E-state index in [-0.39, 0.29) is 36.5 Å². The van der Waals surface area contributed by atoms with Crippen LogP contribution in [0.15, 0.2) is 0 Å². The summed E-state index contributed by atoms with van der Waals surface area (Å²) in [4.78, 5) is 27.2. The molecule has 8 heteroatoms. The van der Waals surface area contributed by atoms with Crippen molar-refractivity contribution >= 4 is 11.8 Å². The van der Waals surface area contributed by atoms with E-state index in [1.54, 1.807) is 4.90 Å². The van der Waals surface area contributed by atoms with Crippen LogP contribution >= 0.6 is 0 Å². The number of amides is 2. The number of aliphatic hydroxyl groups is 3. The Hall–Kier alpha value is -1.22. The van der Waals surface area contributed by atoms with E-state index in [0.717, 1.165) is 45.2 Å². The number of rotatable bonds is 8. The van der Waals surface area contributed by atoms with E-state index >= 15 is 0 Å². The highest BCUT2D eigenvalue weighted by Crippen LogP contribution is 2.23. The van der Waals surface area contributed by atoms with Crippen molar-refractivity contribution in [3.05, 3.63) is 0 Å². The Balaban J connectivity index is 0. The molecule has 0 aromatic heterocycles. The van der Waals surface area contributed by atoms with Gasteiger partial charge >= 0.3 is 0 Å². The van der Waals surface area contributed by atoms with Gasteiger partial charge in [0.25, 0.3) is 0 Å². The summed E-state index contributed by atoms with van der Waals surface area (Å²) in [7, 11) is 1.87. The third-order valence-electron chi connectivity index (χ3n) is 6.69. The topological polar surface area (TPSA) is 113 Å². The Morgan fingerprint density at radius 3 is 1.69 bits per heavy atom. The molecule has 8 nitrogen and oxygen atoms in total. The standard InChI is InChI=1S/C12H23NO3.C11H22N2O2.C3H8.C2H6/c1-2-3-4-5-11(15)13-8-6-12(16,10-14)7-9-13;1-9(2)10(15)13-6-4-11(8-14,12-3)5-7-13;1-3-2;1-2/h14,16H,2-10H2,1H3;9,12,14H,4-8H2,1-3H3;3H2,1-2H3;1-2H3. The van der Waals surface area contributed by atoms with Gasteiger partial charge in [-0.3, -0.25) is 9.59 Å². The van der Waals surface area contributed by atoms with Crippen LogP contribution in [-0.4, -0.2) is 94.5 Å². The molecule has 2 amide bonds. The van der Waals surface area contributed by atoms with Crippen LogP contribution in [0.2, 0.25) is 0 Å². The van der Waals surface area contributed by atoms with Crippen LogP contribution in [0.4, 0.5) is 0 Å². The number of unbranched alkanes of at least 4 members (excludes halogenated alkanes) is 2. The van der Waals surface area contributed by atoms with Crippen molar-refractivity contribution < 1.29 is 24.9 Å². The van der Waals surface area contributed by atoms with Gasteiger partial charge in [0.05, 0.1) is 18.8 Å². The Labute approximate surface area is 221 Å². The van der Waals surface area contributed by atoms with Gasteiger partial charge in [0, 0.05) is 44.1 Å². The number of hydrogen-bond donors (Lipinski definition) is 4. The number of hydrogen-bond acceptors (Lipinski definition) is 6. The minimum atomic E-state index is -0.958. The normalized spacial score (nSPS) is 18.1. The first-order valence-electron chi connectivity index (χ1n) is 14.3. The Kier molecular flexibility index (Phi) is 21.3. The van der Waals surface area contributed by atoms with Crippen molar-refractivity contribution in [1.82, 2.24) is 15.1 Å². The number of nitrogens with zero attached hydrogens (tertiary/aromatic N) is 2. The summed E-state index contributed by atoms with van der Waals surface area (Å²) < 4.78 is 0. The summed E-state index contributed by atoms with van der Waals surface area (Å²) in [6.45, 7) is 16.8. The highest BCUT2D eigenvalue weighted by Gasteiger charge is 2.34. The summed E-state index contributed by atoms with van der Waals surface area (Å²) in [5.41, 5.74) is -1.13. The molecule has 4 N–H and O–H groups in total. The summed E-state index contributed by atoms with van der Waals surface area (Å²) >= 11 is 0.